The molecule has 0 saturated carbocycles. The normalized spacial score (nSPS) is 15.7. The van der Waals surface area contributed by atoms with Crippen molar-refractivity contribution in [3.63, 3.8) is 0 Å². The Morgan fingerprint density at radius 2 is 1.96 bits per heavy atom. The van der Waals surface area contributed by atoms with Crippen LogP contribution >= 0.6 is 12.2 Å². The highest BCUT2D eigenvalue weighted by Gasteiger charge is 2.32. The van der Waals surface area contributed by atoms with Crippen molar-refractivity contribution in [2.75, 3.05) is 4.90 Å². The molecule has 1 N–H and O–H groups in total. The predicted molar refractivity (Wildman–Crippen MR) is 95.5 cm³/mol. The molecule has 0 atom stereocenters. The SMILES string of the molecule is Cc1ccccc1N1C(=O)/C(=C\c2cccc([N+](=O)[O-])c2)NC1=S. The maximum atomic E-state index is 12.7. The molecule has 1 saturated heterocycles. The van der Waals surface area contributed by atoms with Crippen LogP contribution < -0.4 is 10.2 Å². The van der Waals surface area contributed by atoms with Gasteiger partial charge in [0.15, 0.2) is 5.11 Å². The number of amides is 1. The van der Waals surface area contributed by atoms with Gasteiger partial charge in [-0.1, -0.05) is 30.3 Å². The second-order valence-corrected chi connectivity index (χ2v) is 5.65. The number of hydrogen-bond donors (Lipinski definition) is 1. The van der Waals surface area contributed by atoms with Gasteiger partial charge in [-0.2, -0.15) is 0 Å². The number of carbonyl (C=O) groups excluding carboxylic acids is 1. The van der Waals surface area contributed by atoms with Gasteiger partial charge < -0.3 is 5.32 Å². The molecule has 1 fully saturated rings. The second-order valence-electron chi connectivity index (χ2n) is 5.27. The van der Waals surface area contributed by atoms with E-state index >= 15 is 0 Å². The van der Waals surface area contributed by atoms with Crippen molar-refractivity contribution in [2.45, 2.75) is 6.92 Å². The van der Waals surface area contributed by atoms with Crippen molar-refractivity contribution in [2.24, 2.45) is 0 Å². The van der Waals surface area contributed by atoms with Crippen molar-refractivity contribution in [1.82, 2.24) is 5.32 Å². The molecule has 0 radical (unpaired) electrons. The number of rotatable bonds is 3. The molecule has 3 rings (SSSR count). The molecule has 120 valence electrons. The number of aryl methyl sites for hydroxylation is 1. The molecule has 1 amide bonds. The smallest absolute Gasteiger partial charge is 0.281 e. The molecule has 0 unspecified atom stereocenters. The van der Waals surface area contributed by atoms with E-state index in [2.05, 4.69) is 5.32 Å². The topological polar surface area (TPSA) is 75.5 Å². The molecule has 0 bridgehead atoms. The Balaban J connectivity index is 1.96. The molecular formula is C17H13N3O3S. The highest BCUT2D eigenvalue weighted by molar-refractivity contribution is 7.80. The van der Waals surface area contributed by atoms with Crippen molar-refractivity contribution >= 4 is 40.7 Å². The van der Waals surface area contributed by atoms with Crippen LogP contribution in [0.2, 0.25) is 0 Å². The second kappa shape index (κ2) is 6.21. The van der Waals surface area contributed by atoms with E-state index < -0.39 is 4.92 Å². The summed E-state index contributed by atoms with van der Waals surface area (Å²) in [4.78, 5) is 24.5. The lowest BCUT2D eigenvalue weighted by Crippen LogP contribution is -2.30. The van der Waals surface area contributed by atoms with Gasteiger partial charge in [-0.3, -0.25) is 19.8 Å². The van der Waals surface area contributed by atoms with Crippen LogP contribution in [0.15, 0.2) is 54.2 Å². The minimum absolute atomic E-state index is 0.0341. The molecule has 24 heavy (non-hydrogen) atoms. The first kappa shape index (κ1) is 15.8. The fourth-order valence-corrected chi connectivity index (χ4v) is 2.75. The van der Waals surface area contributed by atoms with Crippen LogP contribution in [0.4, 0.5) is 11.4 Å². The van der Waals surface area contributed by atoms with Gasteiger partial charge in [0.05, 0.1) is 10.6 Å². The Morgan fingerprint density at radius 1 is 1.21 bits per heavy atom. The minimum atomic E-state index is -0.476. The van der Waals surface area contributed by atoms with E-state index in [9.17, 15) is 14.9 Å². The van der Waals surface area contributed by atoms with Gasteiger partial charge >= 0.3 is 0 Å². The van der Waals surface area contributed by atoms with Gasteiger partial charge in [0.2, 0.25) is 0 Å². The summed E-state index contributed by atoms with van der Waals surface area (Å²) in [5.74, 6) is -0.291. The first-order valence-electron chi connectivity index (χ1n) is 7.14. The molecule has 1 aliphatic rings. The van der Waals surface area contributed by atoms with Crippen molar-refractivity contribution in [3.8, 4) is 0 Å². The maximum absolute atomic E-state index is 12.7. The van der Waals surface area contributed by atoms with Crippen molar-refractivity contribution in [1.29, 1.82) is 0 Å². The number of para-hydroxylation sites is 1. The summed E-state index contributed by atoms with van der Waals surface area (Å²) in [5, 5.41) is 14.0. The van der Waals surface area contributed by atoms with E-state index in [0.29, 0.717) is 11.3 Å². The zero-order valence-electron chi connectivity index (χ0n) is 12.7. The number of thiocarbonyl (C=S) groups is 1. The standard InChI is InChI=1S/C17H13N3O3S/c1-11-5-2-3-8-15(11)19-16(21)14(18-17(19)24)10-12-6-4-7-13(9-12)20(22)23/h2-10H,1H3,(H,18,24)/b14-10+. The Labute approximate surface area is 143 Å². The molecule has 2 aromatic carbocycles. The Kier molecular flexibility index (Phi) is 4.09. The molecule has 0 aromatic heterocycles. The van der Waals surface area contributed by atoms with E-state index in [-0.39, 0.29) is 22.4 Å². The molecular weight excluding hydrogens is 326 g/mol. The van der Waals surface area contributed by atoms with Gasteiger partial charge in [0.1, 0.15) is 5.70 Å². The molecule has 0 spiro atoms. The molecule has 1 aliphatic heterocycles. The van der Waals surface area contributed by atoms with Crippen LogP contribution in [0, 0.1) is 17.0 Å². The maximum Gasteiger partial charge on any atom is 0.281 e. The number of carbonyl (C=O) groups is 1. The summed E-state index contributed by atoms with van der Waals surface area (Å²) >= 11 is 5.26. The lowest BCUT2D eigenvalue weighted by molar-refractivity contribution is -0.384. The van der Waals surface area contributed by atoms with Crippen LogP contribution in [0.25, 0.3) is 6.08 Å². The van der Waals surface area contributed by atoms with Gasteiger partial charge in [-0.25, -0.2) is 0 Å². The lowest BCUT2D eigenvalue weighted by atomic mass is 10.1. The number of nitro benzene ring substituents is 1. The number of nitro groups is 1. The summed E-state index contributed by atoms with van der Waals surface area (Å²) < 4.78 is 0. The van der Waals surface area contributed by atoms with Crippen molar-refractivity contribution in [3.05, 3.63) is 75.5 Å². The fourth-order valence-electron chi connectivity index (χ4n) is 2.46. The van der Waals surface area contributed by atoms with Gasteiger partial charge in [0.25, 0.3) is 11.6 Å². The summed E-state index contributed by atoms with van der Waals surface area (Å²) in [6.45, 7) is 1.90. The molecule has 2 aromatic rings. The number of hydrogen-bond acceptors (Lipinski definition) is 4. The van der Waals surface area contributed by atoms with E-state index in [0.717, 1.165) is 5.56 Å². The number of anilines is 1. The highest BCUT2D eigenvalue weighted by atomic mass is 32.1. The highest BCUT2D eigenvalue weighted by Crippen LogP contribution is 2.26. The van der Waals surface area contributed by atoms with Crippen LogP contribution in [0.3, 0.4) is 0 Å². The third-order valence-electron chi connectivity index (χ3n) is 3.63. The quantitative estimate of drug-likeness (QED) is 0.402. The third kappa shape index (κ3) is 2.89. The monoisotopic (exact) mass is 339 g/mol. The van der Waals surface area contributed by atoms with E-state index in [4.69, 9.17) is 12.2 Å². The zero-order valence-corrected chi connectivity index (χ0v) is 13.5. The Hall–Kier alpha value is -3.06. The van der Waals surface area contributed by atoms with Crippen LogP contribution in [-0.2, 0) is 4.79 Å². The van der Waals surface area contributed by atoms with E-state index in [1.807, 2.05) is 31.2 Å². The Morgan fingerprint density at radius 3 is 2.67 bits per heavy atom. The molecule has 0 aliphatic carbocycles. The summed E-state index contributed by atoms with van der Waals surface area (Å²) in [7, 11) is 0. The number of benzene rings is 2. The molecule has 1 heterocycles. The average Bonchev–Trinajstić information content (AvgIpc) is 2.82. The number of nitrogens with zero attached hydrogens (tertiary/aromatic N) is 2. The first-order valence-corrected chi connectivity index (χ1v) is 7.55. The van der Waals surface area contributed by atoms with E-state index in [1.54, 1.807) is 18.2 Å². The third-order valence-corrected chi connectivity index (χ3v) is 3.91. The zero-order chi connectivity index (χ0) is 17.3. The van der Waals surface area contributed by atoms with Gasteiger partial charge in [-0.15, -0.1) is 0 Å². The predicted octanol–water partition coefficient (Wildman–Crippen LogP) is 3.17. The summed E-state index contributed by atoms with van der Waals surface area (Å²) in [5.41, 5.74) is 2.43. The Bertz CT molecular complexity index is 892. The van der Waals surface area contributed by atoms with Crippen molar-refractivity contribution < 1.29 is 9.72 Å². The van der Waals surface area contributed by atoms with E-state index in [1.165, 1.54) is 17.0 Å². The average molecular weight is 339 g/mol. The van der Waals surface area contributed by atoms with Crippen LogP contribution in [0.5, 0.6) is 0 Å². The number of non-ortho nitro benzene ring substituents is 1. The summed E-state index contributed by atoms with van der Waals surface area (Å²) in [6, 6.07) is 13.5. The fraction of sp³-hybridized carbons (Fsp3) is 0.0588. The van der Waals surface area contributed by atoms with Crippen LogP contribution in [-0.4, -0.2) is 15.9 Å². The van der Waals surface area contributed by atoms with Gasteiger partial charge in [0, 0.05) is 12.1 Å². The molecule has 6 nitrogen and oxygen atoms in total. The lowest BCUT2D eigenvalue weighted by Gasteiger charge is -2.16. The minimum Gasteiger partial charge on any atom is -0.327 e. The first-order chi connectivity index (χ1) is 11.5. The molecule has 7 heteroatoms. The number of nitrogens with one attached hydrogen (secondary N) is 1. The van der Waals surface area contributed by atoms with Gasteiger partial charge in [-0.05, 0) is 42.4 Å². The van der Waals surface area contributed by atoms with Crippen LogP contribution in [0.1, 0.15) is 11.1 Å². The largest absolute Gasteiger partial charge is 0.327 e. The summed E-state index contributed by atoms with van der Waals surface area (Å²) in [6.07, 6.45) is 1.56.